The van der Waals surface area contributed by atoms with E-state index in [0.717, 1.165) is 25.7 Å². The van der Waals surface area contributed by atoms with Gasteiger partial charge in [-0.15, -0.1) is 0 Å². The molecule has 0 heterocycles. The lowest BCUT2D eigenvalue weighted by atomic mass is 9.84. The maximum absolute atomic E-state index is 13.5. The lowest BCUT2D eigenvalue weighted by molar-refractivity contribution is -0.0225. The molecule has 0 bridgehead atoms. The summed E-state index contributed by atoms with van der Waals surface area (Å²) in [5.74, 6) is -0.167. The second-order valence-corrected chi connectivity index (χ2v) is 5.55. The van der Waals surface area contributed by atoms with Crippen molar-refractivity contribution in [2.24, 2.45) is 0 Å². The zero-order valence-electron chi connectivity index (χ0n) is 11.0. The van der Waals surface area contributed by atoms with Crippen LogP contribution in [0.1, 0.15) is 37.7 Å². The van der Waals surface area contributed by atoms with Crippen molar-refractivity contribution in [3.8, 4) is 0 Å². The van der Waals surface area contributed by atoms with Crippen LogP contribution in [0.15, 0.2) is 24.3 Å². The van der Waals surface area contributed by atoms with Gasteiger partial charge in [-0.25, -0.2) is 4.39 Å². The van der Waals surface area contributed by atoms with Gasteiger partial charge in [0.15, 0.2) is 0 Å². The summed E-state index contributed by atoms with van der Waals surface area (Å²) in [6, 6.07) is 6.84. The molecule has 1 aliphatic carbocycles. The predicted octanol–water partition coefficient (Wildman–Crippen LogP) is 2.95. The van der Waals surface area contributed by atoms with Gasteiger partial charge in [-0.1, -0.05) is 37.5 Å². The molecule has 1 saturated carbocycles. The molecule has 2 nitrogen and oxygen atoms in total. The highest BCUT2D eigenvalue weighted by molar-refractivity contribution is 5.17. The molecule has 0 amide bonds. The maximum atomic E-state index is 13.5. The van der Waals surface area contributed by atoms with Crippen LogP contribution in [0.2, 0.25) is 0 Å². The Bertz CT molecular complexity index is 388. The maximum Gasteiger partial charge on any atom is 0.127 e. The van der Waals surface area contributed by atoms with E-state index in [1.165, 1.54) is 12.5 Å². The van der Waals surface area contributed by atoms with E-state index in [2.05, 4.69) is 0 Å². The number of halogens is 1. The lowest BCUT2D eigenvalue weighted by Crippen LogP contribution is -2.42. The molecule has 0 unspecified atom stereocenters. The van der Waals surface area contributed by atoms with Crippen LogP contribution in [0.3, 0.4) is 0 Å². The van der Waals surface area contributed by atoms with E-state index in [0.29, 0.717) is 18.7 Å². The molecule has 18 heavy (non-hydrogen) atoms. The van der Waals surface area contributed by atoms with Crippen molar-refractivity contribution < 1.29 is 9.50 Å². The summed E-state index contributed by atoms with van der Waals surface area (Å²) in [4.78, 5) is 2.02. The minimum absolute atomic E-state index is 0.167. The molecule has 1 aromatic carbocycles. The Labute approximate surface area is 108 Å². The molecule has 1 aliphatic rings. The molecular formula is C15H22FNO. The Kier molecular flexibility index (Phi) is 4.36. The van der Waals surface area contributed by atoms with Gasteiger partial charge in [-0.05, 0) is 26.0 Å². The molecule has 1 aromatic rings. The first-order valence-corrected chi connectivity index (χ1v) is 6.73. The molecule has 0 radical (unpaired) electrons. The van der Waals surface area contributed by atoms with Crippen molar-refractivity contribution in [1.82, 2.24) is 4.90 Å². The Hall–Kier alpha value is -0.930. The zero-order chi connectivity index (χ0) is 13.0. The van der Waals surface area contributed by atoms with Crippen molar-refractivity contribution in [1.29, 1.82) is 0 Å². The van der Waals surface area contributed by atoms with Gasteiger partial charge in [0.05, 0.1) is 5.60 Å². The lowest BCUT2D eigenvalue weighted by Gasteiger charge is -2.35. The van der Waals surface area contributed by atoms with Crippen LogP contribution in [0.4, 0.5) is 4.39 Å². The fourth-order valence-corrected chi connectivity index (χ4v) is 2.84. The third-order valence-corrected chi connectivity index (χ3v) is 3.75. The van der Waals surface area contributed by atoms with E-state index in [9.17, 15) is 9.50 Å². The molecular weight excluding hydrogens is 229 g/mol. The van der Waals surface area contributed by atoms with Gasteiger partial charge in [0.2, 0.25) is 0 Å². The fourth-order valence-electron chi connectivity index (χ4n) is 2.84. The molecule has 0 atom stereocenters. The van der Waals surface area contributed by atoms with Gasteiger partial charge >= 0.3 is 0 Å². The number of hydrogen-bond acceptors (Lipinski definition) is 2. The van der Waals surface area contributed by atoms with Crippen LogP contribution in [0, 0.1) is 5.82 Å². The van der Waals surface area contributed by atoms with Crippen molar-refractivity contribution >= 4 is 0 Å². The van der Waals surface area contributed by atoms with Gasteiger partial charge in [-0.2, -0.15) is 0 Å². The summed E-state index contributed by atoms with van der Waals surface area (Å²) in [5, 5.41) is 10.5. The van der Waals surface area contributed by atoms with Gasteiger partial charge in [0.1, 0.15) is 5.82 Å². The average molecular weight is 251 g/mol. The molecule has 0 spiro atoms. The minimum atomic E-state index is -0.571. The number of rotatable bonds is 4. The molecule has 0 aliphatic heterocycles. The van der Waals surface area contributed by atoms with Gasteiger partial charge in [0, 0.05) is 18.7 Å². The summed E-state index contributed by atoms with van der Waals surface area (Å²) < 4.78 is 13.5. The zero-order valence-corrected chi connectivity index (χ0v) is 11.0. The number of hydrogen-bond donors (Lipinski definition) is 1. The standard InChI is InChI=1S/C15H22FNO/c1-17(11-13-7-3-4-8-14(13)16)12-15(18)9-5-2-6-10-15/h3-4,7-8,18H,2,5-6,9-12H2,1H3. The van der Waals surface area contributed by atoms with Crippen molar-refractivity contribution in [2.45, 2.75) is 44.2 Å². The van der Waals surface area contributed by atoms with E-state index >= 15 is 0 Å². The largest absolute Gasteiger partial charge is 0.389 e. The molecule has 1 fully saturated rings. The SMILES string of the molecule is CN(Cc1ccccc1F)CC1(O)CCCCC1. The molecule has 2 rings (SSSR count). The molecule has 0 aromatic heterocycles. The predicted molar refractivity (Wildman–Crippen MR) is 70.8 cm³/mol. The molecule has 0 saturated heterocycles. The van der Waals surface area contributed by atoms with Crippen LogP contribution in [-0.2, 0) is 6.54 Å². The Morgan fingerprint density at radius 3 is 2.56 bits per heavy atom. The minimum Gasteiger partial charge on any atom is -0.389 e. The first-order valence-electron chi connectivity index (χ1n) is 6.73. The smallest absolute Gasteiger partial charge is 0.127 e. The van der Waals surface area contributed by atoms with Crippen molar-refractivity contribution in [2.75, 3.05) is 13.6 Å². The van der Waals surface area contributed by atoms with E-state index in [-0.39, 0.29) is 5.82 Å². The highest BCUT2D eigenvalue weighted by atomic mass is 19.1. The number of likely N-dealkylation sites (N-methyl/N-ethyl adjacent to an activating group) is 1. The van der Waals surface area contributed by atoms with Crippen LogP contribution in [-0.4, -0.2) is 29.2 Å². The van der Waals surface area contributed by atoms with Crippen LogP contribution in [0.5, 0.6) is 0 Å². The van der Waals surface area contributed by atoms with Gasteiger partial charge in [-0.3, -0.25) is 4.90 Å². The third kappa shape index (κ3) is 3.53. The normalized spacial score (nSPS) is 19.1. The van der Waals surface area contributed by atoms with Gasteiger partial charge in [0.25, 0.3) is 0 Å². The van der Waals surface area contributed by atoms with E-state index in [4.69, 9.17) is 0 Å². The summed E-state index contributed by atoms with van der Waals surface area (Å²) in [7, 11) is 1.94. The van der Waals surface area contributed by atoms with E-state index in [1.54, 1.807) is 12.1 Å². The number of nitrogens with zero attached hydrogens (tertiary/aromatic N) is 1. The summed E-state index contributed by atoms with van der Waals surface area (Å²) in [5.41, 5.74) is 0.123. The Balaban J connectivity index is 1.92. The fraction of sp³-hybridized carbons (Fsp3) is 0.600. The van der Waals surface area contributed by atoms with Crippen LogP contribution < -0.4 is 0 Å². The van der Waals surface area contributed by atoms with Crippen LogP contribution >= 0.6 is 0 Å². The van der Waals surface area contributed by atoms with Crippen molar-refractivity contribution in [3.63, 3.8) is 0 Å². The number of benzene rings is 1. The third-order valence-electron chi connectivity index (χ3n) is 3.75. The molecule has 1 N–H and O–H groups in total. The monoisotopic (exact) mass is 251 g/mol. The second kappa shape index (κ2) is 5.81. The quantitative estimate of drug-likeness (QED) is 0.889. The topological polar surface area (TPSA) is 23.5 Å². The highest BCUT2D eigenvalue weighted by Crippen LogP contribution is 2.28. The second-order valence-electron chi connectivity index (χ2n) is 5.55. The molecule has 3 heteroatoms. The van der Waals surface area contributed by atoms with Crippen molar-refractivity contribution in [3.05, 3.63) is 35.6 Å². The highest BCUT2D eigenvalue weighted by Gasteiger charge is 2.30. The summed E-state index contributed by atoms with van der Waals surface area (Å²) in [6.45, 7) is 1.18. The molecule has 100 valence electrons. The summed E-state index contributed by atoms with van der Waals surface area (Å²) in [6.07, 6.45) is 5.16. The van der Waals surface area contributed by atoms with E-state index < -0.39 is 5.60 Å². The first-order chi connectivity index (χ1) is 8.59. The average Bonchev–Trinajstić information content (AvgIpc) is 2.32. The first kappa shape index (κ1) is 13.5. The van der Waals surface area contributed by atoms with Crippen LogP contribution in [0.25, 0.3) is 0 Å². The Morgan fingerprint density at radius 1 is 1.22 bits per heavy atom. The van der Waals surface area contributed by atoms with Gasteiger partial charge < -0.3 is 5.11 Å². The Morgan fingerprint density at radius 2 is 1.89 bits per heavy atom. The van der Waals surface area contributed by atoms with E-state index in [1.807, 2.05) is 18.0 Å². The summed E-state index contributed by atoms with van der Waals surface area (Å²) >= 11 is 0. The number of aliphatic hydroxyl groups is 1.